The Labute approximate surface area is 157 Å². The summed E-state index contributed by atoms with van der Waals surface area (Å²) in [6.45, 7) is 1.63. The predicted molar refractivity (Wildman–Crippen MR) is 94.2 cm³/mol. The zero-order valence-electron chi connectivity index (χ0n) is 15.2. The minimum atomic E-state index is -1.26. The molecule has 0 radical (unpaired) electrons. The van der Waals surface area contributed by atoms with Gasteiger partial charge in [-0.05, 0) is 31.7 Å². The lowest BCUT2D eigenvalue weighted by Gasteiger charge is -2.50. The number of aliphatic hydroxyl groups is 1. The van der Waals surface area contributed by atoms with Crippen molar-refractivity contribution in [2.24, 2.45) is 0 Å². The molecule has 0 saturated carbocycles. The van der Waals surface area contributed by atoms with Crippen LogP contribution >= 0.6 is 0 Å². The Morgan fingerprint density at radius 3 is 2.63 bits per heavy atom. The average molecular weight is 376 g/mol. The lowest BCUT2D eigenvalue weighted by Crippen LogP contribution is -2.70. The Morgan fingerprint density at radius 2 is 1.93 bits per heavy atom. The normalized spacial score (nSPS) is 24.5. The fraction of sp³-hybridized carbons (Fsp3) is 0.526. The predicted octanol–water partition coefficient (Wildman–Crippen LogP) is 1.27. The quantitative estimate of drug-likeness (QED) is 0.778. The number of rotatable bonds is 5. The first-order valence-electron chi connectivity index (χ1n) is 9.16. The van der Waals surface area contributed by atoms with Crippen molar-refractivity contribution in [1.82, 2.24) is 9.80 Å². The van der Waals surface area contributed by atoms with Crippen LogP contribution in [-0.2, 0) is 25.7 Å². The van der Waals surface area contributed by atoms with Gasteiger partial charge in [-0.15, -0.1) is 0 Å². The van der Waals surface area contributed by atoms with E-state index in [4.69, 9.17) is 9.47 Å². The smallest absolute Gasteiger partial charge is 0.411 e. The summed E-state index contributed by atoms with van der Waals surface area (Å²) in [5.41, 5.74) is 0.837. The molecule has 3 atom stereocenters. The van der Waals surface area contributed by atoms with E-state index in [1.165, 1.54) is 4.90 Å². The molecule has 2 saturated heterocycles. The van der Waals surface area contributed by atoms with Crippen LogP contribution in [0.15, 0.2) is 30.3 Å². The number of carbonyl (C=O) groups is 3. The Balaban J connectivity index is 1.71. The maximum absolute atomic E-state index is 12.8. The first kappa shape index (κ1) is 19.2. The van der Waals surface area contributed by atoms with Crippen LogP contribution in [0.25, 0.3) is 0 Å². The molecule has 1 aromatic carbocycles. The number of amides is 2. The van der Waals surface area contributed by atoms with Crippen LogP contribution in [0.1, 0.15) is 31.7 Å². The molecule has 0 aliphatic carbocycles. The number of likely N-dealkylation sites (tertiary alicyclic amines) is 1. The summed E-state index contributed by atoms with van der Waals surface area (Å²) >= 11 is 0. The Hall–Kier alpha value is -2.61. The van der Waals surface area contributed by atoms with Gasteiger partial charge in [0.15, 0.2) is 0 Å². The monoisotopic (exact) mass is 376 g/mol. The molecule has 2 aliphatic rings. The molecule has 2 bridgehead atoms. The molecule has 8 heteroatoms. The van der Waals surface area contributed by atoms with Crippen LogP contribution in [0.2, 0.25) is 0 Å². The van der Waals surface area contributed by atoms with E-state index in [1.54, 1.807) is 6.92 Å². The van der Waals surface area contributed by atoms with Gasteiger partial charge in [-0.2, -0.15) is 0 Å². The number of benzene rings is 1. The number of piperidine rings is 1. The number of nitrogens with zero attached hydrogens (tertiary/aromatic N) is 2. The third-order valence-corrected chi connectivity index (χ3v) is 4.92. The number of fused-ring (bicyclic) bond motifs is 2. The first-order chi connectivity index (χ1) is 13.0. The van der Waals surface area contributed by atoms with Gasteiger partial charge in [0.25, 0.3) is 0 Å². The van der Waals surface area contributed by atoms with E-state index in [-0.39, 0.29) is 19.8 Å². The molecule has 27 heavy (non-hydrogen) atoms. The van der Waals surface area contributed by atoms with Crippen molar-refractivity contribution in [3.8, 4) is 0 Å². The van der Waals surface area contributed by atoms with Crippen LogP contribution < -0.4 is 0 Å². The van der Waals surface area contributed by atoms with E-state index in [2.05, 4.69) is 0 Å². The highest BCUT2D eigenvalue weighted by Gasteiger charge is 2.51. The van der Waals surface area contributed by atoms with E-state index in [1.807, 2.05) is 30.3 Å². The lowest BCUT2D eigenvalue weighted by molar-refractivity contribution is -0.178. The van der Waals surface area contributed by atoms with Crippen LogP contribution in [0.4, 0.5) is 4.79 Å². The van der Waals surface area contributed by atoms with E-state index in [0.717, 1.165) is 10.5 Å². The highest BCUT2D eigenvalue weighted by Crippen LogP contribution is 2.33. The SMILES string of the molecule is CCOC(=O)CN1C(=O)[C@@H]2CCC[C@H](C1O)N2C(=O)OCc1ccccc1. The summed E-state index contributed by atoms with van der Waals surface area (Å²) in [5, 5.41) is 10.6. The topological polar surface area (TPSA) is 96.4 Å². The van der Waals surface area contributed by atoms with Crippen LogP contribution in [-0.4, -0.2) is 64.3 Å². The van der Waals surface area contributed by atoms with Crippen molar-refractivity contribution in [2.75, 3.05) is 13.2 Å². The number of aliphatic hydroxyl groups excluding tert-OH is 1. The molecule has 0 spiro atoms. The second kappa shape index (κ2) is 8.39. The van der Waals surface area contributed by atoms with Crippen molar-refractivity contribution in [3.05, 3.63) is 35.9 Å². The number of ether oxygens (including phenoxy) is 2. The molecular weight excluding hydrogens is 352 g/mol. The number of esters is 1. The number of hydrogen-bond acceptors (Lipinski definition) is 6. The summed E-state index contributed by atoms with van der Waals surface area (Å²) in [7, 11) is 0. The molecule has 2 aliphatic heterocycles. The van der Waals surface area contributed by atoms with Gasteiger partial charge in [-0.3, -0.25) is 14.5 Å². The third kappa shape index (κ3) is 4.05. The molecule has 2 heterocycles. The standard InChI is InChI=1S/C19H24N2O6/c1-2-26-16(22)11-20-17(23)14-9-6-10-15(18(20)24)21(14)19(25)27-12-13-7-4-3-5-8-13/h3-5,7-8,14-15,17,23H,2,6,9-12H2,1H3/t14-,15+,17?/m1/s1. The molecule has 146 valence electrons. The maximum atomic E-state index is 12.8. The van der Waals surface area contributed by atoms with Gasteiger partial charge in [-0.25, -0.2) is 4.79 Å². The highest BCUT2D eigenvalue weighted by atomic mass is 16.6. The minimum Gasteiger partial charge on any atom is -0.465 e. The van der Waals surface area contributed by atoms with Crippen molar-refractivity contribution >= 4 is 18.0 Å². The van der Waals surface area contributed by atoms with E-state index in [0.29, 0.717) is 19.3 Å². The first-order valence-corrected chi connectivity index (χ1v) is 9.16. The molecule has 1 N–H and O–H groups in total. The number of hydrogen-bond donors (Lipinski definition) is 1. The summed E-state index contributed by atoms with van der Waals surface area (Å²) in [5.74, 6) is -1.04. The molecule has 3 rings (SSSR count). The Bertz CT molecular complexity index is 695. The summed E-state index contributed by atoms with van der Waals surface area (Å²) in [4.78, 5) is 39.6. The van der Waals surface area contributed by atoms with Gasteiger partial charge in [0.1, 0.15) is 25.4 Å². The van der Waals surface area contributed by atoms with E-state index < -0.39 is 36.3 Å². The molecule has 0 aromatic heterocycles. The van der Waals surface area contributed by atoms with E-state index >= 15 is 0 Å². The fourth-order valence-electron chi connectivity index (χ4n) is 3.67. The van der Waals surface area contributed by atoms with Crippen molar-refractivity contribution in [1.29, 1.82) is 0 Å². The third-order valence-electron chi connectivity index (χ3n) is 4.92. The average Bonchev–Trinajstić information content (AvgIpc) is 2.68. The zero-order chi connectivity index (χ0) is 19.4. The Kier molecular flexibility index (Phi) is 5.95. The van der Waals surface area contributed by atoms with Crippen molar-refractivity contribution in [2.45, 2.75) is 51.1 Å². The second-order valence-electron chi connectivity index (χ2n) is 6.65. The second-order valence-corrected chi connectivity index (χ2v) is 6.65. The highest BCUT2D eigenvalue weighted by molar-refractivity contribution is 5.90. The van der Waals surface area contributed by atoms with Gasteiger partial charge in [0.05, 0.1) is 12.6 Å². The summed E-state index contributed by atoms with van der Waals surface area (Å²) < 4.78 is 10.2. The molecule has 2 amide bonds. The molecule has 2 fully saturated rings. The number of carbonyl (C=O) groups excluding carboxylic acids is 3. The zero-order valence-corrected chi connectivity index (χ0v) is 15.2. The molecule has 1 aromatic rings. The van der Waals surface area contributed by atoms with Gasteiger partial charge in [-0.1, -0.05) is 30.3 Å². The molecular formula is C19H24N2O6. The van der Waals surface area contributed by atoms with Crippen molar-refractivity contribution in [3.63, 3.8) is 0 Å². The van der Waals surface area contributed by atoms with Crippen LogP contribution in [0, 0.1) is 0 Å². The van der Waals surface area contributed by atoms with Gasteiger partial charge in [0.2, 0.25) is 5.91 Å². The minimum absolute atomic E-state index is 0.0897. The maximum Gasteiger partial charge on any atom is 0.411 e. The van der Waals surface area contributed by atoms with Crippen LogP contribution in [0.3, 0.4) is 0 Å². The number of piperazine rings is 1. The Morgan fingerprint density at radius 1 is 1.19 bits per heavy atom. The summed E-state index contributed by atoms with van der Waals surface area (Å²) in [6.07, 6.45) is -0.167. The van der Waals surface area contributed by atoms with Gasteiger partial charge in [0, 0.05) is 0 Å². The lowest BCUT2D eigenvalue weighted by atomic mass is 9.89. The van der Waals surface area contributed by atoms with E-state index in [9.17, 15) is 19.5 Å². The van der Waals surface area contributed by atoms with Gasteiger partial charge >= 0.3 is 12.1 Å². The van der Waals surface area contributed by atoms with Gasteiger partial charge < -0.3 is 19.5 Å². The summed E-state index contributed by atoms with van der Waals surface area (Å²) in [6, 6.07) is 7.91. The largest absolute Gasteiger partial charge is 0.465 e. The molecule has 1 unspecified atom stereocenters. The molecule has 8 nitrogen and oxygen atoms in total. The van der Waals surface area contributed by atoms with Crippen LogP contribution in [0.5, 0.6) is 0 Å². The van der Waals surface area contributed by atoms with Crippen molar-refractivity contribution < 1.29 is 29.0 Å². The fourth-order valence-corrected chi connectivity index (χ4v) is 3.67.